The molecule has 1 N–H and O–H groups in total. The first-order valence-corrected chi connectivity index (χ1v) is 13.8. The zero-order valence-corrected chi connectivity index (χ0v) is 21.0. The van der Waals surface area contributed by atoms with Crippen LogP contribution in [0, 0.1) is 23.2 Å². The molecule has 0 amide bonds. The molecule has 0 spiro atoms. The van der Waals surface area contributed by atoms with Crippen molar-refractivity contribution in [3.05, 3.63) is 77.7 Å². The van der Waals surface area contributed by atoms with Gasteiger partial charge in [0.05, 0.1) is 5.69 Å². The molecular weight excluding hydrogens is 444 g/mol. The molecule has 4 aliphatic carbocycles. The van der Waals surface area contributed by atoms with Gasteiger partial charge in [0.15, 0.2) is 0 Å². The van der Waals surface area contributed by atoms with Crippen LogP contribution in [0.25, 0.3) is 0 Å². The molecule has 4 bridgehead atoms. The molecule has 0 saturated heterocycles. The van der Waals surface area contributed by atoms with Crippen LogP contribution in [0.1, 0.15) is 55.3 Å². The Morgan fingerprint density at radius 3 is 2.28 bits per heavy atom. The number of hydrogen-bond donors (Lipinski definition) is 1. The van der Waals surface area contributed by atoms with Crippen molar-refractivity contribution in [3.63, 3.8) is 0 Å². The molecule has 1 aromatic heterocycles. The van der Waals surface area contributed by atoms with Crippen molar-refractivity contribution in [3.8, 4) is 11.5 Å². The summed E-state index contributed by atoms with van der Waals surface area (Å²) in [6.07, 6.45) is 11.6. The van der Waals surface area contributed by atoms with E-state index in [0.717, 1.165) is 67.7 Å². The Morgan fingerprint density at radius 2 is 1.56 bits per heavy atom. The van der Waals surface area contributed by atoms with Crippen molar-refractivity contribution in [1.82, 2.24) is 14.9 Å². The maximum Gasteiger partial charge on any atom is 0.132 e. The highest BCUT2D eigenvalue weighted by Gasteiger charge is 2.50. The van der Waals surface area contributed by atoms with E-state index in [9.17, 15) is 0 Å². The normalized spacial score (nSPS) is 28.6. The van der Waals surface area contributed by atoms with Gasteiger partial charge in [0, 0.05) is 31.7 Å². The summed E-state index contributed by atoms with van der Waals surface area (Å²) in [5.74, 6) is 5.80. The van der Waals surface area contributed by atoms with Crippen molar-refractivity contribution in [1.29, 1.82) is 0 Å². The molecule has 8 rings (SSSR count). The fraction of sp³-hybridized carbons (Fsp3) is 0.484. The molecule has 0 radical (unpaired) electrons. The standard InChI is InChI=1S/C31H36N4O/c1-2-4-26(5-3-1)36-27-8-6-22(7-9-27)18-35-11-10-28-29(19-35)33-21-34-30(28)32-20-31-15-23-12-24(16-31)14-25(13-23)17-31/h1-9,21,23-25H,10-20H2,(H,32,33,34). The second-order valence-corrected chi connectivity index (χ2v) is 11.9. The fourth-order valence-corrected chi connectivity index (χ4v) is 8.02. The van der Waals surface area contributed by atoms with Crippen LogP contribution in [0.3, 0.4) is 0 Å². The van der Waals surface area contributed by atoms with Crippen LogP contribution < -0.4 is 10.1 Å². The van der Waals surface area contributed by atoms with Crippen LogP contribution in [-0.4, -0.2) is 28.0 Å². The van der Waals surface area contributed by atoms with Gasteiger partial charge in [-0.05, 0) is 97.9 Å². The summed E-state index contributed by atoms with van der Waals surface area (Å²) in [5.41, 5.74) is 4.34. The number of fused-ring (bicyclic) bond motifs is 1. The minimum absolute atomic E-state index is 0.518. The van der Waals surface area contributed by atoms with Gasteiger partial charge in [-0.25, -0.2) is 9.97 Å². The van der Waals surface area contributed by atoms with Gasteiger partial charge >= 0.3 is 0 Å². The summed E-state index contributed by atoms with van der Waals surface area (Å²) in [6.45, 7) is 3.94. The third kappa shape index (κ3) is 4.50. The number of ether oxygens (including phenoxy) is 1. The summed E-state index contributed by atoms with van der Waals surface area (Å²) >= 11 is 0. The lowest BCUT2D eigenvalue weighted by Gasteiger charge is -2.57. The van der Waals surface area contributed by atoms with E-state index < -0.39 is 0 Å². The SMILES string of the molecule is c1ccc(Oc2ccc(CN3CCc4c(ncnc4NCC45CC6CC(CC(C6)C4)C5)C3)cc2)cc1. The van der Waals surface area contributed by atoms with Crippen molar-refractivity contribution in [2.24, 2.45) is 23.2 Å². The predicted molar refractivity (Wildman–Crippen MR) is 142 cm³/mol. The van der Waals surface area contributed by atoms with Crippen molar-refractivity contribution >= 4 is 5.82 Å². The van der Waals surface area contributed by atoms with Crippen molar-refractivity contribution < 1.29 is 4.74 Å². The van der Waals surface area contributed by atoms with Crippen LogP contribution in [-0.2, 0) is 19.5 Å². The van der Waals surface area contributed by atoms with Gasteiger partial charge in [0.2, 0.25) is 0 Å². The number of benzene rings is 2. The molecule has 186 valence electrons. The van der Waals surface area contributed by atoms with Crippen LogP contribution in [0.4, 0.5) is 5.82 Å². The van der Waals surface area contributed by atoms with E-state index in [1.807, 2.05) is 30.3 Å². The smallest absolute Gasteiger partial charge is 0.132 e. The lowest BCUT2D eigenvalue weighted by atomic mass is 9.49. The zero-order chi connectivity index (χ0) is 24.0. The lowest BCUT2D eigenvalue weighted by Crippen LogP contribution is -2.49. The highest BCUT2D eigenvalue weighted by Crippen LogP contribution is 2.60. The van der Waals surface area contributed by atoms with Gasteiger partial charge in [-0.15, -0.1) is 0 Å². The van der Waals surface area contributed by atoms with Crippen LogP contribution in [0.15, 0.2) is 60.9 Å². The Labute approximate surface area is 214 Å². The molecule has 2 heterocycles. The molecule has 3 aromatic rings. The minimum atomic E-state index is 0.518. The Hall–Kier alpha value is -2.92. The van der Waals surface area contributed by atoms with Gasteiger partial charge in [0.25, 0.3) is 0 Å². The Kier molecular flexibility index (Phi) is 5.69. The van der Waals surface area contributed by atoms with Gasteiger partial charge < -0.3 is 10.1 Å². The van der Waals surface area contributed by atoms with Crippen molar-refractivity contribution in [2.75, 3.05) is 18.4 Å². The molecule has 5 aliphatic rings. The second-order valence-electron chi connectivity index (χ2n) is 11.9. The highest BCUT2D eigenvalue weighted by atomic mass is 16.5. The Bertz CT molecular complexity index is 1170. The maximum atomic E-state index is 5.95. The number of anilines is 1. The predicted octanol–water partition coefficient (Wildman–Crippen LogP) is 6.46. The average Bonchev–Trinajstić information content (AvgIpc) is 2.88. The van der Waals surface area contributed by atoms with E-state index in [4.69, 9.17) is 14.7 Å². The number of hydrogen-bond acceptors (Lipinski definition) is 5. The van der Waals surface area contributed by atoms with Gasteiger partial charge in [0.1, 0.15) is 23.6 Å². The molecule has 4 saturated carbocycles. The fourth-order valence-electron chi connectivity index (χ4n) is 8.02. The van der Waals surface area contributed by atoms with Crippen LogP contribution in [0.5, 0.6) is 11.5 Å². The van der Waals surface area contributed by atoms with Crippen LogP contribution >= 0.6 is 0 Å². The number of para-hydroxylation sites is 1. The van der Waals surface area contributed by atoms with E-state index in [1.54, 1.807) is 6.33 Å². The molecule has 36 heavy (non-hydrogen) atoms. The van der Waals surface area contributed by atoms with Gasteiger partial charge in [-0.3, -0.25) is 4.90 Å². The van der Waals surface area contributed by atoms with Crippen LogP contribution in [0.2, 0.25) is 0 Å². The minimum Gasteiger partial charge on any atom is -0.457 e. The van der Waals surface area contributed by atoms with E-state index in [-0.39, 0.29) is 0 Å². The monoisotopic (exact) mass is 480 g/mol. The number of nitrogens with one attached hydrogen (secondary N) is 1. The van der Waals surface area contributed by atoms with E-state index in [1.165, 1.54) is 55.3 Å². The first kappa shape index (κ1) is 22.3. The first-order chi connectivity index (χ1) is 17.7. The summed E-state index contributed by atoms with van der Waals surface area (Å²) in [6, 6.07) is 18.4. The Morgan fingerprint density at radius 1 is 0.861 bits per heavy atom. The molecule has 0 unspecified atom stereocenters. The summed E-state index contributed by atoms with van der Waals surface area (Å²) in [4.78, 5) is 11.9. The molecular formula is C31H36N4O. The van der Waals surface area contributed by atoms with Gasteiger partial charge in [-0.1, -0.05) is 30.3 Å². The quantitative estimate of drug-likeness (QED) is 0.421. The second kappa shape index (κ2) is 9.19. The molecule has 0 atom stereocenters. The third-order valence-corrected chi connectivity index (χ3v) is 9.19. The van der Waals surface area contributed by atoms with Gasteiger partial charge in [-0.2, -0.15) is 0 Å². The topological polar surface area (TPSA) is 50.3 Å². The Balaban J connectivity index is 0.981. The highest BCUT2D eigenvalue weighted by molar-refractivity contribution is 5.47. The molecule has 5 heteroatoms. The lowest BCUT2D eigenvalue weighted by molar-refractivity contribution is -0.0444. The van der Waals surface area contributed by atoms with E-state index in [0.29, 0.717) is 5.41 Å². The average molecular weight is 481 g/mol. The van der Waals surface area contributed by atoms with E-state index >= 15 is 0 Å². The van der Waals surface area contributed by atoms with E-state index in [2.05, 4.69) is 34.5 Å². The summed E-state index contributed by atoms with van der Waals surface area (Å²) in [5, 5.41) is 3.84. The van der Waals surface area contributed by atoms with Crippen molar-refractivity contribution in [2.45, 2.75) is 58.0 Å². The molecule has 2 aromatic carbocycles. The maximum absolute atomic E-state index is 5.95. The largest absolute Gasteiger partial charge is 0.457 e. The zero-order valence-electron chi connectivity index (χ0n) is 21.0. The number of nitrogens with zero attached hydrogens (tertiary/aromatic N) is 3. The number of aromatic nitrogens is 2. The number of rotatable bonds is 7. The molecule has 1 aliphatic heterocycles. The first-order valence-electron chi connectivity index (χ1n) is 13.8. The molecule has 5 nitrogen and oxygen atoms in total. The summed E-state index contributed by atoms with van der Waals surface area (Å²) in [7, 11) is 0. The molecule has 4 fully saturated rings. The summed E-state index contributed by atoms with van der Waals surface area (Å²) < 4.78 is 5.95. The third-order valence-electron chi connectivity index (χ3n) is 9.19.